The lowest BCUT2D eigenvalue weighted by atomic mass is 10.2. The third kappa shape index (κ3) is 2.18. The number of hydrogen-bond acceptors (Lipinski definition) is 4. The molecule has 0 saturated heterocycles. The van der Waals surface area contributed by atoms with E-state index in [1.165, 1.54) is 6.33 Å². The molecule has 0 fully saturated rings. The molecule has 0 bridgehead atoms. The van der Waals surface area contributed by atoms with E-state index in [9.17, 15) is 0 Å². The highest BCUT2D eigenvalue weighted by molar-refractivity contribution is 9.10. The van der Waals surface area contributed by atoms with Crippen molar-refractivity contribution in [1.29, 1.82) is 5.26 Å². The molecule has 0 atom stereocenters. The van der Waals surface area contributed by atoms with Gasteiger partial charge in [-0.2, -0.15) is 5.26 Å². The molecule has 0 spiro atoms. The van der Waals surface area contributed by atoms with E-state index >= 15 is 0 Å². The fourth-order valence-corrected chi connectivity index (χ4v) is 1.72. The zero-order chi connectivity index (χ0) is 11.4. The van der Waals surface area contributed by atoms with Crippen LogP contribution in [0.5, 0.6) is 0 Å². The van der Waals surface area contributed by atoms with Crippen LogP contribution in [0.2, 0.25) is 0 Å². The Balaban J connectivity index is 2.36. The van der Waals surface area contributed by atoms with Gasteiger partial charge in [-0.15, -0.1) is 0 Å². The summed E-state index contributed by atoms with van der Waals surface area (Å²) in [5, 5.41) is 12.1. The van der Waals surface area contributed by atoms with Crippen LogP contribution in [0.25, 0.3) is 0 Å². The average molecular weight is 275 g/mol. The lowest BCUT2D eigenvalue weighted by Gasteiger charge is -2.07. The molecule has 0 unspecified atom stereocenters. The largest absolute Gasteiger partial charge is 0.352 e. The molecule has 4 nitrogen and oxygen atoms in total. The summed E-state index contributed by atoms with van der Waals surface area (Å²) in [7, 11) is 0. The Bertz CT molecular complexity index is 533. The predicted molar refractivity (Wildman–Crippen MR) is 64.2 cm³/mol. The second kappa shape index (κ2) is 4.73. The van der Waals surface area contributed by atoms with Crippen LogP contribution in [-0.4, -0.2) is 9.97 Å². The van der Waals surface area contributed by atoms with Gasteiger partial charge in [-0.05, 0) is 28.1 Å². The lowest BCUT2D eigenvalue weighted by molar-refractivity contribution is 1.17. The summed E-state index contributed by atoms with van der Waals surface area (Å²) in [5.74, 6) is 0. The van der Waals surface area contributed by atoms with E-state index in [0.29, 0.717) is 5.56 Å². The van der Waals surface area contributed by atoms with Gasteiger partial charge in [0.2, 0.25) is 0 Å². The summed E-state index contributed by atoms with van der Waals surface area (Å²) in [5.41, 5.74) is 2.04. The maximum atomic E-state index is 9.03. The monoisotopic (exact) mass is 274 g/mol. The van der Waals surface area contributed by atoms with Gasteiger partial charge < -0.3 is 5.32 Å². The minimum atomic E-state index is 0.561. The summed E-state index contributed by atoms with van der Waals surface area (Å²) < 4.78 is 0.761. The summed E-state index contributed by atoms with van der Waals surface area (Å²) >= 11 is 3.33. The highest BCUT2D eigenvalue weighted by Gasteiger charge is 2.05. The average Bonchev–Trinajstić information content (AvgIpc) is 2.31. The van der Waals surface area contributed by atoms with Gasteiger partial charge in [-0.1, -0.05) is 6.07 Å². The van der Waals surface area contributed by atoms with Gasteiger partial charge in [-0.25, -0.2) is 9.97 Å². The van der Waals surface area contributed by atoms with E-state index < -0.39 is 0 Å². The molecular weight excluding hydrogens is 268 g/mol. The second-order valence-electron chi connectivity index (χ2n) is 3.03. The molecule has 0 amide bonds. The van der Waals surface area contributed by atoms with Gasteiger partial charge in [0.1, 0.15) is 12.4 Å². The molecule has 78 valence electrons. The molecule has 0 radical (unpaired) electrons. The van der Waals surface area contributed by atoms with Crippen molar-refractivity contribution >= 4 is 27.3 Å². The van der Waals surface area contributed by atoms with Gasteiger partial charge in [0.05, 0.1) is 29.3 Å². The molecule has 0 aliphatic carbocycles. The molecule has 2 rings (SSSR count). The van der Waals surface area contributed by atoms with Crippen molar-refractivity contribution in [2.45, 2.75) is 0 Å². The minimum absolute atomic E-state index is 0.561. The number of benzene rings is 1. The molecule has 5 heteroatoms. The van der Waals surface area contributed by atoms with Crippen LogP contribution in [0.15, 0.2) is 41.4 Å². The highest BCUT2D eigenvalue weighted by atomic mass is 79.9. The van der Waals surface area contributed by atoms with Gasteiger partial charge in [0.15, 0.2) is 0 Å². The van der Waals surface area contributed by atoms with Crippen LogP contribution in [0.3, 0.4) is 0 Å². The van der Waals surface area contributed by atoms with Crippen molar-refractivity contribution in [1.82, 2.24) is 9.97 Å². The maximum absolute atomic E-state index is 9.03. The molecule has 16 heavy (non-hydrogen) atoms. The molecule has 1 heterocycles. The van der Waals surface area contributed by atoms with Gasteiger partial charge in [-0.3, -0.25) is 0 Å². The number of anilines is 2. The molecular formula is C11H7BrN4. The SMILES string of the molecule is N#Cc1c(Br)cccc1Nc1cncnc1. The molecule has 1 aromatic carbocycles. The fraction of sp³-hybridized carbons (Fsp3) is 0. The fourth-order valence-electron chi connectivity index (χ4n) is 1.26. The van der Waals surface area contributed by atoms with E-state index in [4.69, 9.17) is 5.26 Å². The summed E-state index contributed by atoms with van der Waals surface area (Å²) in [4.78, 5) is 7.78. The van der Waals surface area contributed by atoms with Crippen LogP contribution < -0.4 is 5.32 Å². The van der Waals surface area contributed by atoms with Gasteiger partial charge >= 0.3 is 0 Å². The quantitative estimate of drug-likeness (QED) is 0.915. The van der Waals surface area contributed by atoms with E-state index in [1.807, 2.05) is 18.2 Å². The normalized spacial score (nSPS) is 9.50. The molecule has 1 N–H and O–H groups in total. The first-order chi connectivity index (χ1) is 7.81. The number of nitriles is 1. The predicted octanol–water partition coefficient (Wildman–Crippen LogP) is 2.85. The van der Waals surface area contributed by atoms with E-state index in [1.54, 1.807) is 12.4 Å². The topological polar surface area (TPSA) is 61.6 Å². The first-order valence-corrected chi connectivity index (χ1v) is 5.31. The minimum Gasteiger partial charge on any atom is -0.352 e. The summed E-state index contributed by atoms with van der Waals surface area (Å²) in [6.07, 6.45) is 4.75. The van der Waals surface area contributed by atoms with E-state index in [2.05, 4.69) is 37.3 Å². The number of nitrogens with one attached hydrogen (secondary N) is 1. The molecule has 1 aromatic heterocycles. The summed E-state index contributed by atoms with van der Waals surface area (Å²) in [6, 6.07) is 7.65. The first kappa shape index (κ1) is 10.6. The molecule has 0 aliphatic rings. The van der Waals surface area contributed by atoms with Crippen LogP contribution in [-0.2, 0) is 0 Å². The zero-order valence-electron chi connectivity index (χ0n) is 8.18. The van der Waals surface area contributed by atoms with Crippen LogP contribution in [0.1, 0.15) is 5.56 Å². The third-order valence-electron chi connectivity index (χ3n) is 1.96. The van der Waals surface area contributed by atoms with Crippen molar-refractivity contribution in [3.05, 3.63) is 47.0 Å². The van der Waals surface area contributed by atoms with Gasteiger partial charge in [0, 0.05) is 4.47 Å². The number of aromatic nitrogens is 2. The molecule has 0 saturated carbocycles. The second-order valence-corrected chi connectivity index (χ2v) is 3.88. The molecule has 0 aliphatic heterocycles. The van der Waals surface area contributed by atoms with Crippen LogP contribution in [0, 0.1) is 11.3 Å². The van der Waals surface area contributed by atoms with Crippen LogP contribution >= 0.6 is 15.9 Å². The Hall–Kier alpha value is -1.93. The number of hydrogen-bond donors (Lipinski definition) is 1. The Morgan fingerprint density at radius 1 is 1.25 bits per heavy atom. The first-order valence-electron chi connectivity index (χ1n) is 4.52. The standard InChI is InChI=1S/C11H7BrN4/c12-10-2-1-3-11(9(10)4-13)16-8-5-14-7-15-6-8/h1-3,5-7,16H. The van der Waals surface area contributed by atoms with Crippen LogP contribution in [0.4, 0.5) is 11.4 Å². The number of halogens is 1. The number of nitrogens with zero attached hydrogens (tertiary/aromatic N) is 3. The third-order valence-corrected chi connectivity index (χ3v) is 2.63. The smallest absolute Gasteiger partial charge is 0.115 e. The maximum Gasteiger partial charge on any atom is 0.115 e. The Kier molecular flexibility index (Phi) is 3.13. The van der Waals surface area contributed by atoms with Crippen molar-refractivity contribution in [3.63, 3.8) is 0 Å². The number of rotatable bonds is 2. The highest BCUT2D eigenvalue weighted by Crippen LogP contribution is 2.25. The Morgan fingerprint density at radius 2 is 2.00 bits per heavy atom. The Morgan fingerprint density at radius 3 is 2.69 bits per heavy atom. The van der Waals surface area contributed by atoms with Crippen molar-refractivity contribution in [2.24, 2.45) is 0 Å². The van der Waals surface area contributed by atoms with E-state index in [0.717, 1.165) is 15.8 Å². The van der Waals surface area contributed by atoms with Crippen molar-refractivity contribution in [2.75, 3.05) is 5.32 Å². The lowest BCUT2D eigenvalue weighted by Crippen LogP contribution is -1.95. The zero-order valence-corrected chi connectivity index (χ0v) is 9.77. The summed E-state index contributed by atoms with van der Waals surface area (Å²) in [6.45, 7) is 0. The van der Waals surface area contributed by atoms with E-state index in [-0.39, 0.29) is 0 Å². The molecule has 2 aromatic rings. The van der Waals surface area contributed by atoms with Crippen molar-refractivity contribution < 1.29 is 0 Å². The van der Waals surface area contributed by atoms with Gasteiger partial charge in [0.25, 0.3) is 0 Å². The van der Waals surface area contributed by atoms with Crippen molar-refractivity contribution in [3.8, 4) is 6.07 Å². The Labute approximate surface area is 101 Å².